The fourth-order valence-corrected chi connectivity index (χ4v) is 5.80. The predicted octanol–water partition coefficient (Wildman–Crippen LogP) is 5.69. The molecule has 0 fully saturated rings. The molecule has 0 saturated heterocycles. The van der Waals surface area contributed by atoms with Gasteiger partial charge in [-0.1, -0.05) is 12.1 Å². The second-order valence-electron chi connectivity index (χ2n) is 9.49. The van der Waals surface area contributed by atoms with Gasteiger partial charge in [-0.05, 0) is 68.9 Å². The van der Waals surface area contributed by atoms with Crippen molar-refractivity contribution >= 4 is 23.4 Å². The molecule has 9 heteroatoms. The number of amides is 1. The second-order valence-corrected chi connectivity index (χ2v) is 10.6. The van der Waals surface area contributed by atoms with Crippen LogP contribution >= 0.6 is 11.8 Å². The Bertz CT molecular complexity index is 1290. The van der Waals surface area contributed by atoms with Crippen molar-refractivity contribution in [3.8, 4) is 28.7 Å². The van der Waals surface area contributed by atoms with E-state index in [1.165, 1.54) is 0 Å². The highest BCUT2D eigenvalue weighted by molar-refractivity contribution is 8.00. The summed E-state index contributed by atoms with van der Waals surface area (Å²) in [6, 6.07) is 19.2. The molecule has 0 radical (unpaired) electrons. The van der Waals surface area contributed by atoms with E-state index in [0.29, 0.717) is 30.5 Å². The number of methoxy groups -OCH3 is 3. The first-order valence-electron chi connectivity index (χ1n) is 13.3. The molecule has 0 aromatic heterocycles. The van der Waals surface area contributed by atoms with Crippen LogP contribution in [0.5, 0.6) is 28.7 Å². The summed E-state index contributed by atoms with van der Waals surface area (Å²) in [4.78, 5) is 18.3. The van der Waals surface area contributed by atoms with Crippen LogP contribution in [0.15, 0.2) is 65.6 Å². The predicted molar refractivity (Wildman–Crippen MR) is 159 cm³/mol. The van der Waals surface area contributed by atoms with E-state index in [1.54, 1.807) is 38.0 Å². The smallest absolute Gasteiger partial charge is 0.244 e. The molecular weight excluding hydrogens is 528 g/mol. The van der Waals surface area contributed by atoms with Crippen LogP contribution in [-0.2, 0) is 4.79 Å². The highest BCUT2D eigenvalue weighted by Gasteiger charge is 2.34. The largest absolute Gasteiger partial charge is 0.497 e. The standard InChI is InChI=1S/C31H38N2O6S/c1-32(17-19-38-23-13-15-27(36-4)28(21-23)37-5)16-8-9-18-39-26-14-12-22(35-3)20-24(26)30-31(34)33(2)25-10-6-7-11-29(25)40-30/h6-7,10-15,20-21,30H,8-9,16-19H2,1-5H3. The van der Waals surface area contributed by atoms with Gasteiger partial charge in [0.1, 0.15) is 29.1 Å². The fraction of sp³-hybridized carbons (Fsp3) is 0.387. The molecule has 3 aromatic carbocycles. The SMILES string of the molecule is COc1ccc(OCCCCN(C)CCOc2ccc(OC)c(OC)c2)c(C2Sc3ccccc3N(C)C2=O)c1. The van der Waals surface area contributed by atoms with Crippen molar-refractivity contribution in [1.29, 1.82) is 0 Å². The van der Waals surface area contributed by atoms with E-state index < -0.39 is 5.25 Å². The van der Waals surface area contributed by atoms with E-state index in [1.807, 2.05) is 67.7 Å². The van der Waals surface area contributed by atoms with Crippen molar-refractivity contribution in [2.24, 2.45) is 0 Å². The molecule has 1 aliphatic heterocycles. The van der Waals surface area contributed by atoms with Crippen LogP contribution in [0.25, 0.3) is 0 Å². The average Bonchev–Trinajstić information content (AvgIpc) is 2.98. The van der Waals surface area contributed by atoms with Crippen molar-refractivity contribution in [2.75, 3.05) is 66.6 Å². The van der Waals surface area contributed by atoms with Gasteiger partial charge < -0.3 is 33.5 Å². The Kier molecular flexibility index (Phi) is 10.4. The maximum Gasteiger partial charge on any atom is 0.244 e. The van der Waals surface area contributed by atoms with Crippen molar-refractivity contribution in [2.45, 2.75) is 23.0 Å². The highest BCUT2D eigenvalue weighted by Crippen LogP contribution is 2.48. The third kappa shape index (κ3) is 7.14. The maximum absolute atomic E-state index is 13.3. The minimum absolute atomic E-state index is 0.0266. The monoisotopic (exact) mass is 566 g/mol. The Morgan fingerprint density at radius 1 is 0.800 bits per heavy atom. The van der Waals surface area contributed by atoms with Crippen molar-refractivity contribution < 1.29 is 28.5 Å². The Hall–Kier alpha value is -3.56. The number of fused-ring (bicyclic) bond motifs is 1. The molecule has 0 saturated carbocycles. The molecule has 3 aromatic rings. The van der Waals surface area contributed by atoms with Gasteiger partial charge in [0, 0.05) is 30.1 Å². The van der Waals surface area contributed by atoms with Crippen LogP contribution < -0.4 is 28.6 Å². The van der Waals surface area contributed by atoms with Gasteiger partial charge in [-0.15, -0.1) is 11.8 Å². The molecule has 1 amide bonds. The highest BCUT2D eigenvalue weighted by atomic mass is 32.2. The lowest BCUT2D eigenvalue weighted by Crippen LogP contribution is -2.33. The number of unbranched alkanes of at least 4 members (excludes halogenated alkanes) is 1. The number of likely N-dealkylation sites (N-methyl/N-ethyl adjacent to an activating group) is 2. The summed E-state index contributed by atoms with van der Waals surface area (Å²) in [5.41, 5.74) is 1.76. The number of carbonyl (C=O) groups excluding carboxylic acids is 1. The molecule has 4 rings (SSSR count). The van der Waals surface area contributed by atoms with E-state index in [0.717, 1.165) is 53.6 Å². The summed E-state index contributed by atoms with van der Waals surface area (Å²) in [6.45, 7) is 2.86. The van der Waals surface area contributed by atoms with E-state index in [4.69, 9.17) is 23.7 Å². The third-order valence-corrected chi connectivity index (χ3v) is 8.10. The molecule has 214 valence electrons. The van der Waals surface area contributed by atoms with Gasteiger partial charge in [0.15, 0.2) is 11.5 Å². The van der Waals surface area contributed by atoms with Gasteiger partial charge in [-0.2, -0.15) is 0 Å². The summed E-state index contributed by atoms with van der Waals surface area (Å²) in [5.74, 6) is 3.53. The van der Waals surface area contributed by atoms with Crippen LogP contribution in [0, 0.1) is 0 Å². The number of nitrogens with zero attached hydrogens (tertiary/aromatic N) is 2. The molecule has 1 atom stereocenters. The first kappa shape index (κ1) is 29.4. The number of hydrogen-bond donors (Lipinski definition) is 0. The molecule has 8 nitrogen and oxygen atoms in total. The average molecular weight is 567 g/mol. The molecule has 0 spiro atoms. The topological polar surface area (TPSA) is 69.7 Å². The van der Waals surface area contributed by atoms with Crippen molar-refractivity contribution in [1.82, 2.24) is 4.90 Å². The third-order valence-electron chi connectivity index (χ3n) is 6.81. The zero-order valence-corrected chi connectivity index (χ0v) is 24.7. The normalized spacial score (nSPS) is 14.6. The Labute approximate surface area is 241 Å². The number of carbonyl (C=O) groups is 1. The Morgan fingerprint density at radius 3 is 2.33 bits per heavy atom. The number of anilines is 1. The minimum atomic E-state index is -0.401. The Balaban J connectivity index is 1.26. The number of para-hydroxylation sites is 1. The molecule has 1 aliphatic rings. The van der Waals surface area contributed by atoms with E-state index in [-0.39, 0.29) is 5.91 Å². The van der Waals surface area contributed by atoms with Gasteiger partial charge in [0.2, 0.25) is 5.91 Å². The molecule has 1 heterocycles. The maximum atomic E-state index is 13.3. The van der Waals surface area contributed by atoms with Gasteiger partial charge in [-0.3, -0.25) is 4.79 Å². The zero-order chi connectivity index (χ0) is 28.5. The summed E-state index contributed by atoms with van der Waals surface area (Å²) >= 11 is 1.55. The van der Waals surface area contributed by atoms with Gasteiger partial charge >= 0.3 is 0 Å². The van der Waals surface area contributed by atoms with Crippen LogP contribution in [0.2, 0.25) is 0 Å². The number of rotatable bonds is 14. The molecule has 0 aliphatic carbocycles. The number of thioether (sulfide) groups is 1. The molecule has 0 bridgehead atoms. The summed E-state index contributed by atoms with van der Waals surface area (Å²) in [6.07, 6.45) is 1.87. The molecular formula is C31H38N2O6S. The molecule has 0 N–H and O–H groups in total. The summed E-state index contributed by atoms with van der Waals surface area (Å²) in [7, 11) is 8.76. The van der Waals surface area contributed by atoms with Crippen molar-refractivity contribution in [3.63, 3.8) is 0 Å². The lowest BCUT2D eigenvalue weighted by molar-refractivity contribution is -0.118. The minimum Gasteiger partial charge on any atom is -0.497 e. The zero-order valence-electron chi connectivity index (χ0n) is 23.8. The lowest BCUT2D eigenvalue weighted by Gasteiger charge is -2.32. The van der Waals surface area contributed by atoms with E-state index in [9.17, 15) is 4.79 Å². The van der Waals surface area contributed by atoms with Gasteiger partial charge in [-0.25, -0.2) is 0 Å². The van der Waals surface area contributed by atoms with Gasteiger partial charge in [0.05, 0.1) is 33.6 Å². The van der Waals surface area contributed by atoms with Crippen LogP contribution in [0.4, 0.5) is 5.69 Å². The molecule has 40 heavy (non-hydrogen) atoms. The first-order valence-corrected chi connectivity index (χ1v) is 14.2. The van der Waals surface area contributed by atoms with Gasteiger partial charge in [0.25, 0.3) is 0 Å². The summed E-state index contributed by atoms with van der Waals surface area (Å²) < 4.78 is 28.2. The first-order chi connectivity index (χ1) is 19.4. The second kappa shape index (κ2) is 14.2. The van der Waals surface area contributed by atoms with Crippen LogP contribution in [-0.4, -0.2) is 72.5 Å². The number of benzene rings is 3. The van der Waals surface area contributed by atoms with Crippen LogP contribution in [0.3, 0.4) is 0 Å². The van der Waals surface area contributed by atoms with Crippen LogP contribution in [0.1, 0.15) is 23.7 Å². The lowest BCUT2D eigenvalue weighted by atomic mass is 10.1. The quantitative estimate of drug-likeness (QED) is 0.231. The van der Waals surface area contributed by atoms with E-state index >= 15 is 0 Å². The molecule has 1 unspecified atom stereocenters. The Morgan fingerprint density at radius 2 is 1.55 bits per heavy atom. The van der Waals surface area contributed by atoms with E-state index in [2.05, 4.69) is 11.9 Å². The fourth-order valence-electron chi connectivity index (χ4n) is 4.50. The number of hydrogen-bond acceptors (Lipinski definition) is 8. The summed E-state index contributed by atoms with van der Waals surface area (Å²) in [5, 5.41) is -0.401. The van der Waals surface area contributed by atoms with Crippen molar-refractivity contribution in [3.05, 3.63) is 66.2 Å². The number of ether oxygens (including phenoxy) is 5.